The van der Waals surface area contributed by atoms with E-state index < -0.39 is 24.3 Å². The number of esters is 1. The van der Waals surface area contributed by atoms with E-state index in [9.17, 15) is 18.8 Å². The smallest absolute Gasteiger partial charge is 0.338 e. The third-order valence-corrected chi connectivity index (χ3v) is 3.77. The van der Waals surface area contributed by atoms with Gasteiger partial charge < -0.3 is 15.4 Å². The van der Waals surface area contributed by atoms with Gasteiger partial charge in [0.15, 0.2) is 6.61 Å². The van der Waals surface area contributed by atoms with E-state index in [1.54, 1.807) is 24.3 Å². The topological polar surface area (TPSA) is 84.5 Å². The van der Waals surface area contributed by atoms with Crippen LogP contribution in [0.5, 0.6) is 0 Å². The van der Waals surface area contributed by atoms with Crippen LogP contribution in [0.4, 0.5) is 10.1 Å². The van der Waals surface area contributed by atoms with Crippen LogP contribution in [0.1, 0.15) is 33.6 Å². The van der Waals surface area contributed by atoms with Gasteiger partial charge in [0.1, 0.15) is 5.82 Å². The molecule has 0 spiro atoms. The van der Waals surface area contributed by atoms with E-state index in [2.05, 4.69) is 10.6 Å². The standard InChI is InChI=1S/C19H17FN2O4/c20-13-7-5-12(6-8-13)19(25)26-11-17(23)22-16-4-2-1-3-15(16)18(24)21-14-9-10-14/h1-8,14H,9-11H2,(H,21,24)(H,22,23). The second-order valence-corrected chi connectivity index (χ2v) is 5.92. The van der Waals surface area contributed by atoms with Gasteiger partial charge in [0.05, 0.1) is 16.8 Å². The maximum atomic E-state index is 12.8. The Kier molecular flexibility index (Phi) is 5.26. The van der Waals surface area contributed by atoms with Crippen molar-refractivity contribution in [3.63, 3.8) is 0 Å². The molecule has 26 heavy (non-hydrogen) atoms. The number of hydrogen-bond acceptors (Lipinski definition) is 4. The molecule has 1 saturated carbocycles. The van der Waals surface area contributed by atoms with Crippen molar-refractivity contribution in [1.29, 1.82) is 0 Å². The average molecular weight is 356 g/mol. The number of para-hydroxylation sites is 1. The molecule has 2 aromatic rings. The lowest BCUT2D eigenvalue weighted by Crippen LogP contribution is -2.28. The summed E-state index contributed by atoms with van der Waals surface area (Å²) in [6.07, 6.45) is 1.92. The van der Waals surface area contributed by atoms with Crippen LogP contribution in [0.25, 0.3) is 0 Å². The molecule has 0 bridgehead atoms. The van der Waals surface area contributed by atoms with Crippen molar-refractivity contribution in [2.75, 3.05) is 11.9 Å². The van der Waals surface area contributed by atoms with Crippen LogP contribution in [-0.2, 0) is 9.53 Å². The molecule has 0 radical (unpaired) electrons. The Morgan fingerprint density at radius 1 is 1.04 bits per heavy atom. The van der Waals surface area contributed by atoms with E-state index >= 15 is 0 Å². The van der Waals surface area contributed by atoms with Gasteiger partial charge in [0, 0.05) is 6.04 Å². The lowest BCUT2D eigenvalue weighted by molar-refractivity contribution is -0.119. The van der Waals surface area contributed by atoms with Gasteiger partial charge in [-0.3, -0.25) is 9.59 Å². The van der Waals surface area contributed by atoms with E-state index in [0.717, 1.165) is 25.0 Å². The fourth-order valence-corrected chi connectivity index (χ4v) is 2.27. The Balaban J connectivity index is 1.57. The zero-order chi connectivity index (χ0) is 18.5. The van der Waals surface area contributed by atoms with E-state index in [1.807, 2.05) is 0 Å². The number of rotatable bonds is 6. The largest absolute Gasteiger partial charge is 0.452 e. The molecular weight excluding hydrogens is 339 g/mol. The predicted octanol–water partition coefficient (Wildman–Crippen LogP) is 2.51. The summed E-state index contributed by atoms with van der Waals surface area (Å²) in [6, 6.07) is 11.6. The molecule has 1 aliphatic carbocycles. The molecule has 0 aromatic heterocycles. The Morgan fingerprint density at radius 3 is 2.42 bits per heavy atom. The van der Waals surface area contributed by atoms with Crippen molar-refractivity contribution >= 4 is 23.5 Å². The summed E-state index contributed by atoms with van der Waals surface area (Å²) < 4.78 is 17.7. The number of benzene rings is 2. The van der Waals surface area contributed by atoms with Crippen molar-refractivity contribution in [3.05, 3.63) is 65.5 Å². The van der Waals surface area contributed by atoms with Crippen molar-refractivity contribution < 1.29 is 23.5 Å². The molecule has 134 valence electrons. The van der Waals surface area contributed by atoms with Gasteiger partial charge in [-0.15, -0.1) is 0 Å². The summed E-state index contributed by atoms with van der Waals surface area (Å²) in [5, 5.41) is 5.42. The van der Waals surface area contributed by atoms with Gasteiger partial charge in [-0.1, -0.05) is 12.1 Å². The Hall–Kier alpha value is -3.22. The van der Waals surface area contributed by atoms with Crippen LogP contribution in [0.15, 0.2) is 48.5 Å². The van der Waals surface area contributed by atoms with E-state index in [0.29, 0.717) is 11.3 Å². The van der Waals surface area contributed by atoms with Crippen LogP contribution in [0, 0.1) is 5.82 Å². The lowest BCUT2D eigenvalue weighted by atomic mass is 10.1. The summed E-state index contributed by atoms with van der Waals surface area (Å²) in [7, 11) is 0. The highest BCUT2D eigenvalue weighted by Crippen LogP contribution is 2.21. The maximum Gasteiger partial charge on any atom is 0.338 e. The fourth-order valence-electron chi connectivity index (χ4n) is 2.27. The molecule has 0 aliphatic heterocycles. The van der Waals surface area contributed by atoms with Crippen LogP contribution in [-0.4, -0.2) is 30.4 Å². The first-order valence-electron chi connectivity index (χ1n) is 8.15. The van der Waals surface area contributed by atoms with Crippen molar-refractivity contribution in [2.24, 2.45) is 0 Å². The van der Waals surface area contributed by atoms with Gasteiger partial charge >= 0.3 is 5.97 Å². The third-order valence-electron chi connectivity index (χ3n) is 3.77. The quantitative estimate of drug-likeness (QED) is 0.779. The molecule has 2 aromatic carbocycles. The summed E-state index contributed by atoms with van der Waals surface area (Å²) in [6.45, 7) is -0.519. The zero-order valence-corrected chi connectivity index (χ0v) is 13.8. The number of carbonyl (C=O) groups excluding carboxylic acids is 3. The predicted molar refractivity (Wildman–Crippen MR) is 92.2 cm³/mol. The van der Waals surface area contributed by atoms with Crippen molar-refractivity contribution in [3.8, 4) is 0 Å². The SMILES string of the molecule is O=C(COC(=O)c1ccc(F)cc1)Nc1ccccc1C(=O)NC1CC1. The first kappa shape index (κ1) is 17.6. The van der Waals surface area contributed by atoms with E-state index in [-0.39, 0.29) is 17.5 Å². The molecular formula is C19H17FN2O4. The normalized spacial score (nSPS) is 13.0. The van der Waals surface area contributed by atoms with Gasteiger partial charge in [-0.2, -0.15) is 0 Å². The molecule has 0 unspecified atom stereocenters. The second kappa shape index (κ2) is 7.77. The number of anilines is 1. The second-order valence-electron chi connectivity index (χ2n) is 5.92. The molecule has 2 amide bonds. The van der Waals surface area contributed by atoms with Crippen molar-refractivity contribution in [2.45, 2.75) is 18.9 Å². The molecule has 3 rings (SSSR count). The van der Waals surface area contributed by atoms with E-state index in [1.165, 1.54) is 12.1 Å². The highest BCUT2D eigenvalue weighted by molar-refractivity contribution is 6.04. The number of carbonyl (C=O) groups is 3. The first-order chi connectivity index (χ1) is 12.5. The van der Waals surface area contributed by atoms with Gasteiger partial charge in [0.25, 0.3) is 11.8 Å². The Morgan fingerprint density at radius 2 is 1.73 bits per heavy atom. The average Bonchev–Trinajstić information content (AvgIpc) is 3.44. The van der Waals surface area contributed by atoms with Gasteiger partial charge in [-0.25, -0.2) is 9.18 Å². The number of amides is 2. The molecule has 2 N–H and O–H groups in total. The van der Waals surface area contributed by atoms with Gasteiger partial charge in [0.2, 0.25) is 0 Å². The van der Waals surface area contributed by atoms with Crippen LogP contribution >= 0.6 is 0 Å². The number of halogens is 1. The molecule has 7 heteroatoms. The summed E-state index contributed by atoms with van der Waals surface area (Å²) in [5.41, 5.74) is 0.828. The number of ether oxygens (including phenoxy) is 1. The number of hydrogen-bond donors (Lipinski definition) is 2. The molecule has 6 nitrogen and oxygen atoms in total. The maximum absolute atomic E-state index is 12.8. The first-order valence-corrected chi connectivity index (χ1v) is 8.15. The van der Waals surface area contributed by atoms with Crippen molar-refractivity contribution in [1.82, 2.24) is 5.32 Å². The lowest BCUT2D eigenvalue weighted by Gasteiger charge is -2.11. The third kappa shape index (κ3) is 4.66. The molecule has 0 atom stereocenters. The summed E-state index contributed by atoms with van der Waals surface area (Å²) >= 11 is 0. The monoisotopic (exact) mass is 356 g/mol. The Bertz CT molecular complexity index is 832. The highest BCUT2D eigenvalue weighted by atomic mass is 19.1. The van der Waals surface area contributed by atoms with Gasteiger partial charge in [-0.05, 0) is 49.2 Å². The number of nitrogens with one attached hydrogen (secondary N) is 2. The summed E-state index contributed by atoms with van der Waals surface area (Å²) in [4.78, 5) is 36.1. The summed E-state index contributed by atoms with van der Waals surface area (Å²) in [5.74, 6) is -2.04. The van der Waals surface area contributed by atoms with Crippen LogP contribution < -0.4 is 10.6 Å². The molecule has 0 saturated heterocycles. The fraction of sp³-hybridized carbons (Fsp3) is 0.211. The Labute approximate surface area is 149 Å². The zero-order valence-electron chi connectivity index (χ0n) is 13.8. The minimum absolute atomic E-state index is 0.142. The molecule has 1 fully saturated rings. The van der Waals surface area contributed by atoms with E-state index in [4.69, 9.17) is 4.74 Å². The van der Waals surface area contributed by atoms with Crippen LogP contribution in [0.3, 0.4) is 0 Å². The molecule has 0 heterocycles. The highest BCUT2D eigenvalue weighted by Gasteiger charge is 2.25. The van der Waals surface area contributed by atoms with Crippen LogP contribution in [0.2, 0.25) is 0 Å². The minimum atomic E-state index is -0.736. The molecule has 1 aliphatic rings. The minimum Gasteiger partial charge on any atom is -0.452 e.